The van der Waals surface area contributed by atoms with Gasteiger partial charge in [0.1, 0.15) is 4.90 Å². The molecule has 6 nitrogen and oxygen atoms in total. The number of hydrogen-bond acceptors (Lipinski definition) is 4. The van der Waals surface area contributed by atoms with Crippen LogP contribution in [-0.4, -0.2) is 27.4 Å². The highest BCUT2D eigenvalue weighted by molar-refractivity contribution is 7.89. The number of anilines is 1. The fourth-order valence-electron chi connectivity index (χ4n) is 1.64. The minimum absolute atomic E-state index is 0.0167. The highest BCUT2D eigenvalue weighted by Gasteiger charge is 2.22. The molecule has 7 heteroatoms. The molecule has 112 valence electrons. The van der Waals surface area contributed by atoms with E-state index in [0.29, 0.717) is 0 Å². The Bertz CT molecular complexity index is 572. The van der Waals surface area contributed by atoms with E-state index in [9.17, 15) is 13.2 Å². The van der Waals surface area contributed by atoms with E-state index in [4.69, 9.17) is 5.73 Å². The van der Waals surface area contributed by atoms with Crippen LogP contribution in [0.5, 0.6) is 0 Å². The zero-order valence-corrected chi connectivity index (χ0v) is 12.7. The van der Waals surface area contributed by atoms with Gasteiger partial charge >= 0.3 is 0 Å². The van der Waals surface area contributed by atoms with Crippen LogP contribution in [0.15, 0.2) is 29.2 Å². The van der Waals surface area contributed by atoms with Crippen LogP contribution in [0.3, 0.4) is 0 Å². The molecule has 0 aromatic heterocycles. The van der Waals surface area contributed by atoms with Crippen LogP contribution < -0.4 is 15.8 Å². The first-order valence-electron chi connectivity index (χ1n) is 6.42. The number of para-hydroxylation sites is 1. The van der Waals surface area contributed by atoms with Crippen molar-refractivity contribution in [1.29, 1.82) is 0 Å². The molecule has 0 aliphatic heterocycles. The first-order valence-corrected chi connectivity index (χ1v) is 7.90. The van der Waals surface area contributed by atoms with Crippen molar-refractivity contribution in [2.75, 3.05) is 12.4 Å². The van der Waals surface area contributed by atoms with Crippen LogP contribution in [0, 0.1) is 5.92 Å². The van der Waals surface area contributed by atoms with Crippen LogP contribution in [0.2, 0.25) is 0 Å². The summed E-state index contributed by atoms with van der Waals surface area (Å²) >= 11 is 0. The van der Waals surface area contributed by atoms with Crippen LogP contribution in [-0.2, 0) is 14.8 Å². The third-order valence-electron chi connectivity index (χ3n) is 3.26. The van der Waals surface area contributed by atoms with Gasteiger partial charge in [0.25, 0.3) is 0 Å². The molecular formula is C13H21N3O3S. The molecule has 0 aliphatic carbocycles. The SMILES string of the molecule is CCC(C)C(N)C(=O)Nc1ccccc1S(=O)(=O)NC. The Balaban J connectivity index is 3.03. The highest BCUT2D eigenvalue weighted by atomic mass is 32.2. The van der Waals surface area contributed by atoms with Crippen molar-refractivity contribution in [3.63, 3.8) is 0 Å². The molecule has 0 fully saturated rings. The molecule has 1 amide bonds. The molecule has 0 bridgehead atoms. The predicted molar refractivity (Wildman–Crippen MR) is 78.7 cm³/mol. The van der Waals surface area contributed by atoms with Gasteiger partial charge in [0.05, 0.1) is 11.7 Å². The summed E-state index contributed by atoms with van der Waals surface area (Å²) in [5, 5.41) is 2.58. The first-order chi connectivity index (χ1) is 9.33. The van der Waals surface area contributed by atoms with Crippen LogP contribution >= 0.6 is 0 Å². The van der Waals surface area contributed by atoms with Crippen molar-refractivity contribution < 1.29 is 13.2 Å². The molecule has 0 radical (unpaired) electrons. The Morgan fingerprint density at radius 1 is 1.35 bits per heavy atom. The first kappa shape index (κ1) is 16.6. The molecule has 1 aromatic rings. The Morgan fingerprint density at radius 2 is 1.95 bits per heavy atom. The number of amides is 1. The number of hydrogen-bond donors (Lipinski definition) is 3. The van der Waals surface area contributed by atoms with Crippen molar-refractivity contribution in [2.24, 2.45) is 11.7 Å². The van der Waals surface area contributed by atoms with E-state index in [2.05, 4.69) is 10.0 Å². The average molecular weight is 299 g/mol. The van der Waals surface area contributed by atoms with Crippen LogP contribution in [0.25, 0.3) is 0 Å². The summed E-state index contributed by atoms with van der Waals surface area (Å²) in [5.74, 6) is -0.374. The van der Waals surface area contributed by atoms with E-state index < -0.39 is 22.0 Å². The van der Waals surface area contributed by atoms with Gasteiger partial charge in [0.15, 0.2) is 0 Å². The molecule has 2 unspecified atom stereocenters. The summed E-state index contributed by atoms with van der Waals surface area (Å²) in [6, 6.07) is 5.53. The maximum absolute atomic E-state index is 12.0. The number of rotatable bonds is 6. The van der Waals surface area contributed by atoms with Gasteiger partial charge in [-0.25, -0.2) is 13.1 Å². The minimum atomic E-state index is -3.63. The van der Waals surface area contributed by atoms with E-state index in [1.165, 1.54) is 19.2 Å². The van der Waals surface area contributed by atoms with E-state index >= 15 is 0 Å². The Morgan fingerprint density at radius 3 is 2.50 bits per heavy atom. The monoisotopic (exact) mass is 299 g/mol. The fraction of sp³-hybridized carbons (Fsp3) is 0.462. The number of nitrogens with two attached hydrogens (primary N) is 1. The average Bonchev–Trinajstić information content (AvgIpc) is 2.45. The van der Waals surface area contributed by atoms with Crippen molar-refractivity contribution in [2.45, 2.75) is 31.2 Å². The smallest absolute Gasteiger partial charge is 0.242 e. The third-order valence-corrected chi connectivity index (χ3v) is 4.74. The van der Waals surface area contributed by atoms with Gasteiger partial charge in [-0.05, 0) is 25.1 Å². The largest absolute Gasteiger partial charge is 0.324 e. The standard InChI is InChI=1S/C13H21N3O3S/c1-4-9(2)12(14)13(17)16-10-7-5-6-8-11(10)20(18,19)15-3/h5-9,12,15H,4,14H2,1-3H3,(H,16,17). The number of carbonyl (C=O) groups is 1. The van der Waals surface area contributed by atoms with Gasteiger partial charge in [-0.15, -0.1) is 0 Å². The molecule has 0 heterocycles. The molecular weight excluding hydrogens is 278 g/mol. The van der Waals surface area contributed by atoms with E-state index in [1.54, 1.807) is 12.1 Å². The van der Waals surface area contributed by atoms with Crippen LogP contribution in [0.1, 0.15) is 20.3 Å². The van der Waals surface area contributed by atoms with Gasteiger partial charge < -0.3 is 11.1 Å². The van der Waals surface area contributed by atoms with Gasteiger partial charge in [-0.3, -0.25) is 4.79 Å². The molecule has 20 heavy (non-hydrogen) atoms. The lowest BCUT2D eigenvalue weighted by Crippen LogP contribution is -2.41. The van der Waals surface area contributed by atoms with Crippen molar-refractivity contribution in [1.82, 2.24) is 4.72 Å². The summed E-state index contributed by atoms with van der Waals surface area (Å²) < 4.78 is 26.0. The number of nitrogens with one attached hydrogen (secondary N) is 2. The Labute approximate surface area is 119 Å². The fourth-order valence-corrected chi connectivity index (χ4v) is 2.53. The highest BCUT2D eigenvalue weighted by Crippen LogP contribution is 2.21. The van der Waals surface area contributed by atoms with Crippen molar-refractivity contribution >= 4 is 21.6 Å². The molecule has 4 N–H and O–H groups in total. The molecule has 0 saturated carbocycles. The topological polar surface area (TPSA) is 101 Å². The number of sulfonamides is 1. The Hall–Kier alpha value is -1.44. The summed E-state index contributed by atoms with van der Waals surface area (Å²) in [6.07, 6.45) is 0.769. The van der Waals surface area contributed by atoms with E-state index in [1.807, 2.05) is 13.8 Å². The zero-order chi connectivity index (χ0) is 15.3. The minimum Gasteiger partial charge on any atom is -0.324 e. The van der Waals surface area contributed by atoms with Gasteiger partial charge in [0.2, 0.25) is 15.9 Å². The van der Waals surface area contributed by atoms with E-state index in [-0.39, 0.29) is 16.5 Å². The maximum Gasteiger partial charge on any atom is 0.242 e. The van der Waals surface area contributed by atoms with Crippen molar-refractivity contribution in [3.8, 4) is 0 Å². The normalized spacial score (nSPS) is 14.6. The summed E-state index contributed by atoms with van der Waals surface area (Å²) in [4.78, 5) is 12.0. The van der Waals surface area contributed by atoms with Crippen molar-refractivity contribution in [3.05, 3.63) is 24.3 Å². The summed E-state index contributed by atoms with van der Waals surface area (Å²) in [5.41, 5.74) is 6.06. The molecule has 0 saturated heterocycles. The second-order valence-corrected chi connectivity index (χ2v) is 6.46. The summed E-state index contributed by atoms with van der Waals surface area (Å²) in [6.45, 7) is 3.82. The summed E-state index contributed by atoms with van der Waals surface area (Å²) in [7, 11) is -2.31. The quantitative estimate of drug-likeness (QED) is 0.726. The zero-order valence-electron chi connectivity index (χ0n) is 11.9. The maximum atomic E-state index is 12.0. The predicted octanol–water partition coefficient (Wildman–Crippen LogP) is 0.907. The second kappa shape index (κ2) is 6.83. The lowest BCUT2D eigenvalue weighted by atomic mass is 9.99. The third kappa shape index (κ3) is 3.78. The molecule has 1 aromatic carbocycles. The number of benzene rings is 1. The molecule has 0 spiro atoms. The lowest BCUT2D eigenvalue weighted by Gasteiger charge is -2.18. The molecule has 0 aliphatic rings. The second-order valence-electron chi connectivity index (χ2n) is 4.60. The molecule has 2 atom stereocenters. The number of carbonyl (C=O) groups excluding carboxylic acids is 1. The molecule has 1 rings (SSSR count). The van der Waals surface area contributed by atoms with Gasteiger partial charge in [-0.1, -0.05) is 32.4 Å². The Kier molecular flexibility index (Phi) is 5.67. The lowest BCUT2D eigenvalue weighted by molar-refractivity contribution is -0.118. The van der Waals surface area contributed by atoms with E-state index in [0.717, 1.165) is 6.42 Å². The van der Waals surface area contributed by atoms with Crippen LogP contribution in [0.4, 0.5) is 5.69 Å². The van der Waals surface area contributed by atoms with Gasteiger partial charge in [0, 0.05) is 0 Å². The van der Waals surface area contributed by atoms with Gasteiger partial charge in [-0.2, -0.15) is 0 Å².